The van der Waals surface area contributed by atoms with Gasteiger partial charge < -0.3 is 5.32 Å². The molecule has 0 saturated heterocycles. The summed E-state index contributed by atoms with van der Waals surface area (Å²) in [6, 6.07) is 0. The molecule has 0 aromatic carbocycles. The maximum absolute atomic E-state index is 4.95. The molecule has 6 heteroatoms. The smallest absolute Gasteiger partial charge is 1.00 e. The minimum Gasteiger partial charge on any atom is 1.00 e. The topological polar surface area (TPSA) is 14.1 Å². The molecule has 0 aromatic heterocycles. The summed E-state index contributed by atoms with van der Waals surface area (Å²) >= 11 is -1.75. The summed E-state index contributed by atoms with van der Waals surface area (Å²) in [5.41, 5.74) is 0. The van der Waals surface area contributed by atoms with Crippen molar-refractivity contribution in [2.75, 3.05) is 13.1 Å². The van der Waals surface area contributed by atoms with Crippen LogP contribution in [0.2, 0.25) is 0 Å². The van der Waals surface area contributed by atoms with E-state index in [1.54, 1.807) is 0 Å². The zero-order chi connectivity index (χ0) is 9.11. The Morgan fingerprint density at radius 3 is 1.42 bits per heavy atom. The molecule has 0 aliphatic carbocycles. The molecule has 0 saturated carbocycles. The van der Waals surface area contributed by atoms with Crippen LogP contribution in [0.5, 0.6) is 0 Å². The van der Waals surface area contributed by atoms with Crippen LogP contribution in [0.1, 0.15) is 26.7 Å². The summed E-state index contributed by atoms with van der Waals surface area (Å²) < 4.78 is 0. The molecule has 0 amide bonds. The van der Waals surface area contributed by atoms with Gasteiger partial charge in [0.05, 0.1) is 0 Å². The molecule has 0 aliphatic rings. The Hall–Kier alpha value is 2.08. The Kier molecular flexibility index (Phi) is 30.7. The Bertz CT molecular complexity index is 60.0. The minimum absolute atomic E-state index is 0. The SMILES string of the molecule is CCC[N-]CCC.[Cl][Ru]([Cl])[Cl].[Ru+]. The first-order chi connectivity index (χ1) is 5.15. The summed E-state index contributed by atoms with van der Waals surface area (Å²) in [6.07, 6.45) is 2.39. The van der Waals surface area contributed by atoms with Gasteiger partial charge in [0.1, 0.15) is 0 Å². The van der Waals surface area contributed by atoms with Crippen LogP contribution in [0, 0.1) is 0 Å². The molecule has 12 heavy (non-hydrogen) atoms. The number of rotatable bonds is 4. The van der Waals surface area contributed by atoms with Gasteiger partial charge >= 0.3 is 61.5 Å². The van der Waals surface area contributed by atoms with Gasteiger partial charge in [0.15, 0.2) is 0 Å². The molecule has 0 aromatic rings. The van der Waals surface area contributed by atoms with Gasteiger partial charge in [-0.25, -0.2) is 0 Å². The van der Waals surface area contributed by atoms with Crippen LogP contribution in [-0.2, 0) is 32.5 Å². The molecule has 1 nitrogen and oxygen atoms in total. The van der Waals surface area contributed by atoms with Crippen LogP contribution in [-0.4, -0.2) is 13.1 Å². The second-order valence-electron chi connectivity index (χ2n) is 1.82. The van der Waals surface area contributed by atoms with E-state index in [0.29, 0.717) is 0 Å². The molecule has 0 aliphatic heterocycles. The fourth-order valence-corrected chi connectivity index (χ4v) is 0.428. The van der Waals surface area contributed by atoms with Crippen LogP contribution in [0.25, 0.3) is 5.32 Å². The summed E-state index contributed by atoms with van der Waals surface area (Å²) in [4.78, 5) is 0. The second-order valence-corrected chi connectivity index (χ2v) is 9.74. The third-order valence-electron chi connectivity index (χ3n) is 0.763. The standard InChI is InChI=1S/C6H14N.3ClH.2Ru/c1-3-5-7-6-4-2;;;;;/h3-6H2,1-2H3;3*1H;;/q-1;;;;+1;+3/p-3. The zero-order valence-corrected chi connectivity index (χ0v) is 12.9. The molecular formula is C6H14Cl3NRu2. The molecule has 1 radical (unpaired) electrons. The van der Waals surface area contributed by atoms with Crippen molar-refractivity contribution < 1.29 is 32.5 Å². The Labute approximate surface area is 106 Å². The van der Waals surface area contributed by atoms with Crippen molar-refractivity contribution in [1.29, 1.82) is 0 Å². The van der Waals surface area contributed by atoms with Crippen molar-refractivity contribution >= 4 is 29.1 Å². The van der Waals surface area contributed by atoms with Crippen LogP contribution < -0.4 is 0 Å². The zero-order valence-electron chi connectivity index (χ0n) is 7.12. The van der Waals surface area contributed by atoms with Crippen LogP contribution in [0.3, 0.4) is 0 Å². The molecular weight excluding hydrogens is 395 g/mol. The van der Waals surface area contributed by atoms with Crippen molar-refractivity contribution in [3.05, 3.63) is 5.32 Å². The average molecular weight is 409 g/mol. The van der Waals surface area contributed by atoms with Crippen LogP contribution >= 0.6 is 29.1 Å². The van der Waals surface area contributed by atoms with E-state index in [4.69, 9.17) is 29.1 Å². The van der Waals surface area contributed by atoms with Gasteiger partial charge in [0.2, 0.25) is 0 Å². The van der Waals surface area contributed by atoms with Gasteiger partial charge in [0, 0.05) is 0 Å². The van der Waals surface area contributed by atoms with E-state index in [2.05, 4.69) is 19.2 Å². The van der Waals surface area contributed by atoms with E-state index in [1.807, 2.05) is 0 Å². The van der Waals surface area contributed by atoms with E-state index < -0.39 is 13.0 Å². The van der Waals surface area contributed by atoms with Crippen molar-refractivity contribution in [2.24, 2.45) is 0 Å². The summed E-state index contributed by atoms with van der Waals surface area (Å²) in [7, 11) is 14.8. The van der Waals surface area contributed by atoms with Gasteiger partial charge in [-0.05, 0) is 0 Å². The predicted octanol–water partition coefficient (Wildman–Crippen LogP) is 4.24. The minimum atomic E-state index is -1.75. The first-order valence-corrected chi connectivity index (χ1v) is 10.2. The quantitative estimate of drug-likeness (QED) is 0.488. The largest absolute Gasteiger partial charge is 1.00 e. The summed E-state index contributed by atoms with van der Waals surface area (Å²) in [5, 5.41) is 4.21. The fourth-order valence-electron chi connectivity index (χ4n) is 0.428. The molecule has 0 bridgehead atoms. The molecule has 0 spiro atoms. The predicted molar refractivity (Wildman–Crippen MR) is 51.2 cm³/mol. The number of hydrogen-bond donors (Lipinski definition) is 0. The van der Waals surface area contributed by atoms with Crippen molar-refractivity contribution in [3.8, 4) is 0 Å². The summed E-state index contributed by atoms with van der Waals surface area (Å²) in [6.45, 7) is 6.40. The van der Waals surface area contributed by atoms with Gasteiger partial charge in [-0.3, -0.25) is 0 Å². The summed E-state index contributed by atoms with van der Waals surface area (Å²) in [5.74, 6) is 0. The molecule has 0 fully saturated rings. The molecule has 0 unspecified atom stereocenters. The molecule has 0 N–H and O–H groups in total. The maximum atomic E-state index is 4.95. The monoisotopic (exact) mass is 409 g/mol. The van der Waals surface area contributed by atoms with Gasteiger partial charge in [-0.1, -0.05) is 26.7 Å². The van der Waals surface area contributed by atoms with Crippen LogP contribution in [0.4, 0.5) is 0 Å². The molecule has 0 rings (SSSR count). The van der Waals surface area contributed by atoms with Crippen LogP contribution in [0.15, 0.2) is 0 Å². The third-order valence-corrected chi connectivity index (χ3v) is 0.763. The van der Waals surface area contributed by atoms with E-state index in [9.17, 15) is 0 Å². The van der Waals surface area contributed by atoms with Gasteiger partial charge in [-0.2, -0.15) is 0 Å². The van der Waals surface area contributed by atoms with Crippen molar-refractivity contribution in [1.82, 2.24) is 0 Å². The first-order valence-electron chi connectivity index (χ1n) is 3.45. The second kappa shape index (κ2) is 18.8. The number of nitrogens with zero attached hydrogens (tertiary/aromatic N) is 1. The molecule has 80 valence electrons. The number of halogens is 3. The normalized spacial score (nSPS) is 9.25. The maximum Gasteiger partial charge on any atom is 1.00 e. The third kappa shape index (κ3) is 40.1. The average Bonchev–Trinajstić information content (AvgIpc) is 1.88. The van der Waals surface area contributed by atoms with E-state index in [0.717, 1.165) is 13.1 Å². The molecule has 0 atom stereocenters. The van der Waals surface area contributed by atoms with Crippen molar-refractivity contribution in [3.63, 3.8) is 0 Å². The van der Waals surface area contributed by atoms with E-state index >= 15 is 0 Å². The first kappa shape index (κ1) is 19.6. The Morgan fingerprint density at radius 1 is 1.00 bits per heavy atom. The fraction of sp³-hybridized carbons (Fsp3) is 1.00. The van der Waals surface area contributed by atoms with E-state index in [-0.39, 0.29) is 19.5 Å². The Balaban J connectivity index is -0.000000142. The number of hydrogen-bond acceptors (Lipinski definition) is 0. The van der Waals surface area contributed by atoms with E-state index in [1.165, 1.54) is 12.8 Å². The van der Waals surface area contributed by atoms with Crippen molar-refractivity contribution in [2.45, 2.75) is 26.7 Å². The van der Waals surface area contributed by atoms with Gasteiger partial charge in [-0.15, -0.1) is 13.1 Å². The molecule has 0 heterocycles. The Morgan fingerprint density at radius 2 is 1.25 bits per heavy atom. The van der Waals surface area contributed by atoms with Gasteiger partial charge in [0.25, 0.3) is 0 Å².